The maximum absolute atomic E-state index is 12.4. The lowest BCUT2D eigenvalue weighted by Gasteiger charge is -2.31. The molecule has 1 aliphatic heterocycles. The van der Waals surface area contributed by atoms with Gasteiger partial charge in [0.1, 0.15) is 6.04 Å². The predicted octanol–water partition coefficient (Wildman–Crippen LogP) is 1.60. The zero-order valence-electron chi connectivity index (χ0n) is 12.0. The fourth-order valence-electron chi connectivity index (χ4n) is 3.10. The average Bonchev–Trinajstić information content (AvgIpc) is 3.01. The summed E-state index contributed by atoms with van der Waals surface area (Å²) in [5, 5.41) is 25.5. The monoisotopic (exact) mass is 312 g/mol. The molecule has 0 saturated heterocycles. The molecule has 0 fully saturated rings. The predicted molar refractivity (Wildman–Crippen MR) is 78.6 cm³/mol. The molecule has 0 saturated carbocycles. The number of carbonyl (C=O) groups excluding carboxylic acids is 1. The quantitative estimate of drug-likeness (QED) is 0.661. The van der Waals surface area contributed by atoms with Crippen molar-refractivity contribution in [2.24, 2.45) is 0 Å². The van der Waals surface area contributed by atoms with E-state index in [9.17, 15) is 14.9 Å². The molecular formula is C14H12N6O3. The van der Waals surface area contributed by atoms with E-state index in [-0.39, 0.29) is 11.5 Å². The summed E-state index contributed by atoms with van der Waals surface area (Å²) in [6.45, 7) is 0. The molecule has 0 amide bonds. The Morgan fingerprint density at radius 1 is 1.26 bits per heavy atom. The SMILES string of the molecule is O=C1CCCC2=C1[C@H](c1ccc([N+](=O)[O-])cc1)n1nnnc1N2. The van der Waals surface area contributed by atoms with Gasteiger partial charge in [0.25, 0.3) is 5.69 Å². The Balaban J connectivity index is 1.85. The first-order valence-electron chi connectivity index (χ1n) is 7.20. The van der Waals surface area contributed by atoms with Crippen molar-refractivity contribution in [1.82, 2.24) is 20.2 Å². The minimum Gasteiger partial charge on any atom is -0.326 e. The van der Waals surface area contributed by atoms with Crippen molar-refractivity contribution in [2.75, 3.05) is 5.32 Å². The topological polar surface area (TPSA) is 116 Å². The lowest BCUT2D eigenvalue weighted by Crippen LogP contribution is -2.31. The summed E-state index contributed by atoms with van der Waals surface area (Å²) in [5.74, 6) is 0.532. The van der Waals surface area contributed by atoms with Crippen LogP contribution in [0.2, 0.25) is 0 Å². The van der Waals surface area contributed by atoms with Gasteiger partial charge < -0.3 is 5.32 Å². The molecule has 1 atom stereocenters. The number of ketones is 1. The molecule has 1 aromatic carbocycles. The first-order chi connectivity index (χ1) is 11.1. The van der Waals surface area contributed by atoms with Crippen molar-refractivity contribution >= 4 is 17.4 Å². The number of hydrogen-bond acceptors (Lipinski definition) is 7. The van der Waals surface area contributed by atoms with Gasteiger partial charge in [0.15, 0.2) is 5.78 Å². The van der Waals surface area contributed by atoms with Crippen LogP contribution in [0.5, 0.6) is 0 Å². The highest BCUT2D eigenvalue weighted by Gasteiger charge is 2.36. The van der Waals surface area contributed by atoms with E-state index in [1.54, 1.807) is 16.8 Å². The second-order valence-electron chi connectivity index (χ2n) is 5.49. The number of nitrogens with zero attached hydrogens (tertiary/aromatic N) is 5. The van der Waals surface area contributed by atoms with Gasteiger partial charge in [-0.05, 0) is 41.0 Å². The number of fused-ring (bicyclic) bond motifs is 1. The Hall–Kier alpha value is -3.10. The number of nitro groups is 1. The number of aromatic nitrogens is 4. The van der Waals surface area contributed by atoms with Crippen molar-refractivity contribution in [2.45, 2.75) is 25.3 Å². The van der Waals surface area contributed by atoms with Crippen LogP contribution in [-0.2, 0) is 4.79 Å². The Bertz CT molecular complexity index is 838. The Morgan fingerprint density at radius 3 is 2.78 bits per heavy atom. The molecule has 9 nitrogen and oxygen atoms in total. The third kappa shape index (κ3) is 2.08. The fraction of sp³-hybridized carbons (Fsp3) is 0.286. The van der Waals surface area contributed by atoms with E-state index in [4.69, 9.17) is 0 Å². The molecule has 0 radical (unpaired) electrons. The van der Waals surface area contributed by atoms with E-state index in [2.05, 4.69) is 20.8 Å². The Labute approximate surface area is 130 Å². The van der Waals surface area contributed by atoms with Crippen LogP contribution in [0.15, 0.2) is 35.5 Å². The van der Waals surface area contributed by atoms with Gasteiger partial charge in [0, 0.05) is 29.8 Å². The van der Waals surface area contributed by atoms with Crippen LogP contribution in [0.1, 0.15) is 30.9 Å². The molecule has 9 heteroatoms. The fourth-order valence-corrected chi connectivity index (χ4v) is 3.10. The minimum atomic E-state index is -0.454. The molecule has 1 aromatic heterocycles. The van der Waals surface area contributed by atoms with Crippen molar-refractivity contribution in [3.05, 3.63) is 51.2 Å². The van der Waals surface area contributed by atoms with Crippen molar-refractivity contribution < 1.29 is 9.72 Å². The van der Waals surface area contributed by atoms with Crippen LogP contribution >= 0.6 is 0 Å². The van der Waals surface area contributed by atoms with Gasteiger partial charge in [-0.2, -0.15) is 4.68 Å². The lowest BCUT2D eigenvalue weighted by molar-refractivity contribution is -0.384. The smallest absolute Gasteiger partial charge is 0.269 e. The number of non-ortho nitro benzene ring substituents is 1. The summed E-state index contributed by atoms with van der Waals surface area (Å²) < 4.78 is 1.54. The number of rotatable bonds is 2. The molecule has 0 spiro atoms. The number of nitrogens with one attached hydrogen (secondary N) is 1. The van der Waals surface area contributed by atoms with Crippen LogP contribution < -0.4 is 5.32 Å². The van der Waals surface area contributed by atoms with Gasteiger partial charge in [-0.15, -0.1) is 0 Å². The van der Waals surface area contributed by atoms with E-state index in [1.807, 2.05) is 0 Å². The molecule has 4 rings (SSSR count). The van der Waals surface area contributed by atoms with Crippen molar-refractivity contribution in [3.63, 3.8) is 0 Å². The maximum Gasteiger partial charge on any atom is 0.269 e. The second-order valence-corrected chi connectivity index (χ2v) is 5.49. The number of Topliss-reactive ketones (excluding diaryl/α,β-unsaturated/α-hetero) is 1. The van der Waals surface area contributed by atoms with Crippen LogP contribution in [0, 0.1) is 10.1 Å². The molecule has 2 aliphatic rings. The molecule has 1 N–H and O–H groups in total. The van der Waals surface area contributed by atoms with Gasteiger partial charge >= 0.3 is 0 Å². The van der Waals surface area contributed by atoms with E-state index < -0.39 is 11.0 Å². The van der Waals surface area contributed by atoms with Gasteiger partial charge in [0.2, 0.25) is 5.95 Å². The number of allylic oxidation sites excluding steroid dienone is 2. The van der Waals surface area contributed by atoms with Gasteiger partial charge in [-0.3, -0.25) is 14.9 Å². The average molecular weight is 312 g/mol. The van der Waals surface area contributed by atoms with E-state index in [0.717, 1.165) is 24.1 Å². The van der Waals surface area contributed by atoms with Crippen LogP contribution in [0.3, 0.4) is 0 Å². The van der Waals surface area contributed by atoms with Crippen LogP contribution in [0.25, 0.3) is 0 Å². The Morgan fingerprint density at radius 2 is 2.04 bits per heavy atom. The van der Waals surface area contributed by atoms with Gasteiger partial charge in [0.05, 0.1) is 4.92 Å². The van der Waals surface area contributed by atoms with E-state index in [1.165, 1.54) is 12.1 Å². The number of hydrogen-bond donors (Lipinski definition) is 1. The number of benzene rings is 1. The summed E-state index contributed by atoms with van der Waals surface area (Å²) in [5.41, 5.74) is 2.23. The van der Waals surface area contributed by atoms with Crippen molar-refractivity contribution in [1.29, 1.82) is 0 Å². The highest BCUT2D eigenvalue weighted by Crippen LogP contribution is 2.39. The largest absolute Gasteiger partial charge is 0.326 e. The summed E-state index contributed by atoms with van der Waals surface area (Å²) in [7, 11) is 0. The molecule has 1 aliphatic carbocycles. The summed E-state index contributed by atoms with van der Waals surface area (Å²) in [6, 6.07) is 5.69. The van der Waals surface area contributed by atoms with E-state index >= 15 is 0 Å². The highest BCUT2D eigenvalue weighted by atomic mass is 16.6. The Kier molecular flexibility index (Phi) is 2.93. The number of anilines is 1. The molecule has 0 bridgehead atoms. The number of carbonyl (C=O) groups is 1. The third-order valence-electron chi connectivity index (χ3n) is 4.15. The third-order valence-corrected chi connectivity index (χ3v) is 4.15. The normalized spacial score (nSPS) is 19.8. The zero-order valence-corrected chi connectivity index (χ0v) is 12.0. The van der Waals surface area contributed by atoms with Crippen molar-refractivity contribution in [3.8, 4) is 0 Å². The molecule has 0 unspecified atom stereocenters. The van der Waals surface area contributed by atoms with Gasteiger partial charge in [-0.25, -0.2) is 0 Å². The molecular weight excluding hydrogens is 300 g/mol. The zero-order chi connectivity index (χ0) is 16.0. The number of nitro benzene ring substituents is 1. The molecule has 2 aromatic rings. The highest BCUT2D eigenvalue weighted by molar-refractivity contribution is 5.99. The maximum atomic E-state index is 12.4. The number of tetrazole rings is 1. The van der Waals surface area contributed by atoms with Crippen LogP contribution in [-0.4, -0.2) is 30.9 Å². The molecule has 116 valence electrons. The molecule has 2 heterocycles. The second kappa shape index (κ2) is 4.97. The molecule has 23 heavy (non-hydrogen) atoms. The van der Waals surface area contributed by atoms with Crippen LogP contribution in [0.4, 0.5) is 11.6 Å². The summed E-state index contributed by atoms with van der Waals surface area (Å²) >= 11 is 0. The lowest BCUT2D eigenvalue weighted by atomic mass is 9.85. The first-order valence-corrected chi connectivity index (χ1v) is 7.20. The summed E-state index contributed by atoms with van der Waals surface area (Å²) in [6.07, 6.45) is 2.04. The van der Waals surface area contributed by atoms with Gasteiger partial charge in [-0.1, -0.05) is 5.10 Å². The minimum absolute atomic E-state index is 0.00352. The summed E-state index contributed by atoms with van der Waals surface area (Å²) in [4.78, 5) is 22.8. The standard InChI is InChI=1S/C14H12N6O3/c21-11-3-1-2-10-12(11)13(19-14(15-10)16-17-18-19)8-4-6-9(7-5-8)20(22)23/h4-7,13H,1-3H2,(H,15,16,18)/t13-/m0/s1. The first kappa shape index (κ1) is 13.6. The van der Waals surface area contributed by atoms with E-state index in [0.29, 0.717) is 17.9 Å².